The summed E-state index contributed by atoms with van der Waals surface area (Å²) in [5.41, 5.74) is 2.53. The lowest BCUT2D eigenvalue weighted by molar-refractivity contribution is -0.129. The molecule has 2 rings (SSSR count). The predicted molar refractivity (Wildman–Crippen MR) is 82.7 cm³/mol. The van der Waals surface area contributed by atoms with Gasteiger partial charge in [0, 0.05) is 38.5 Å². The molecule has 1 aromatic rings. The van der Waals surface area contributed by atoms with Crippen molar-refractivity contribution >= 4 is 23.4 Å². The largest absolute Gasteiger partial charge is 0.378 e. The van der Waals surface area contributed by atoms with Crippen molar-refractivity contribution in [1.29, 1.82) is 0 Å². The van der Waals surface area contributed by atoms with Gasteiger partial charge in [0.25, 0.3) is 0 Å². The van der Waals surface area contributed by atoms with Crippen molar-refractivity contribution in [2.45, 2.75) is 19.3 Å². The minimum atomic E-state index is 0.315. The number of benzene rings is 1. The smallest absolute Gasteiger partial charge is 0.223 e. The maximum atomic E-state index is 11.9. The first-order chi connectivity index (χ1) is 9.16. The fourth-order valence-corrected chi connectivity index (χ4v) is 3.15. The first-order valence-corrected chi connectivity index (χ1v) is 7.94. The summed E-state index contributed by atoms with van der Waals surface area (Å²) in [7, 11) is 4.09. The molecule has 0 spiro atoms. The lowest BCUT2D eigenvalue weighted by Crippen LogP contribution is -2.27. The van der Waals surface area contributed by atoms with E-state index < -0.39 is 0 Å². The Morgan fingerprint density at radius 3 is 2.63 bits per heavy atom. The molecule has 1 aliphatic heterocycles. The number of hydrogen-bond donors (Lipinski definition) is 0. The van der Waals surface area contributed by atoms with Crippen LogP contribution in [0.2, 0.25) is 0 Å². The fraction of sp³-hybridized carbons (Fsp3) is 0.533. The molecular formula is C15H22N2OS. The van der Waals surface area contributed by atoms with Crippen LogP contribution in [0, 0.1) is 0 Å². The Balaban J connectivity index is 1.74. The van der Waals surface area contributed by atoms with Gasteiger partial charge in [-0.2, -0.15) is 0 Å². The van der Waals surface area contributed by atoms with Gasteiger partial charge in [0.1, 0.15) is 0 Å². The van der Waals surface area contributed by atoms with Gasteiger partial charge in [0.05, 0.1) is 5.88 Å². The molecule has 1 saturated heterocycles. The maximum absolute atomic E-state index is 11.9. The van der Waals surface area contributed by atoms with Crippen LogP contribution in [0.3, 0.4) is 0 Å². The molecule has 3 nitrogen and oxygen atoms in total. The van der Waals surface area contributed by atoms with E-state index in [1.807, 2.05) is 30.8 Å². The standard InChI is InChI=1S/C15H22N2OS/c1-16(2)14-8-6-13(7-9-14)4-3-5-15(18)17-10-11-19-12-17/h6-9H,3-5,10-12H2,1-2H3. The van der Waals surface area contributed by atoms with Gasteiger partial charge in [0.2, 0.25) is 5.91 Å². The van der Waals surface area contributed by atoms with E-state index in [1.54, 1.807) is 0 Å². The third-order valence-electron chi connectivity index (χ3n) is 3.41. The van der Waals surface area contributed by atoms with E-state index >= 15 is 0 Å². The second-order valence-electron chi connectivity index (χ2n) is 5.11. The van der Waals surface area contributed by atoms with Crippen LogP contribution >= 0.6 is 11.8 Å². The molecule has 0 bridgehead atoms. The molecule has 4 heteroatoms. The highest BCUT2D eigenvalue weighted by atomic mass is 32.2. The number of aryl methyl sites for hydroxylation is 1. The fourth-order valence-electron chi connectivity index (χ4n) is 2.17. The second kappa shape index (κ2) is 6.85. The van der Waals surface area contributed by atoms with Crippen molar-refractivity contribution in [3.05, 3.63) is 29.8 Å². The normalized spacial score (nSPS) is 14.7. The van der Waals surface area contributed by atoms with Crippen LogP contribution in [0.5, 0.6) is 0 Å². The molecular weight excluding hydrogens is 256 g/mol. The zero-order valence-corrected chi connectivity index (χ0v) is 12.6. The molecule has 1 heterocycles. The van der Waals surface area contributed by atoms with Gasteiger partial charge in [-0.05, 0) is 30.5 Å². The van der Waals surface area contributed by atoms with Crippen molar-refractivity contribution in [1.82, 2.24) is 4.90 Å². The van der Waals surface area contributed by atoms with Crippen molar-refractivity contribution in [3.63, 3.8) is 0 Å². The molecule has 1 fully saturated rings. The summed E-state index contributed by atoms with van der Waals surface area (Å²) in [6.07, 6.45) is 2.61. The average molecular weight is 278 g/mol. The van der Waals surface area contributed by atoms with Gasteiger partial charge < -0.3 is 9.80 Å². The maximum Gasteiger partial charge on any atom is 0.223 e. The number of rotatable bonds is 5. The summed E-state index contributed by atoms with van der Waals surface area (Å²) in [5, 5.41) is 0. The molecule has 0 unspecified atom stereocenters. The van der Waals surface area contributed by atoms with E-state index in [0.717, 1.165) is 31.0 Å². The molecule has 19 heavy (non-hydrogen) atoms. The van der Waals surface area contributed by atoms with E-state index in [4.69, 9.17) is 0 Å². The zero-order chi connectivity index (χ0) is 13.7. The summed E-state index contributed by atoms with van der Waals surface area (Å²) in [4.78, 5) is 16.0. The Bertz CT molecular complexity index is 411. The number of hydrogen-bond acceptors (Lipinski definition) is 3. The third kappa shape index (κ3) is 4.16. The van der Waals surface area contributed by atoms with Crippen molar-refractivity contribution in [2.75, 3.05) is 37.2 Å². The molecule has 0 aliphatic carbocycles. The predicted octanol–water partition coefficient (Wildman–Crippen LogP) is 2.61. The first kappa shape index (κ1) is 14.3. The Labute approximate surface area is 120 Å². The number of carbonyl (C=O) groups is 1. The molecule has 1 amide bonds. The number of nitrogens with zero attached hydrogens (tertiary/aromatic N) is 2. The second-order valence-corrected chi connectivity index (χ2v) is 6.18. The summed E-state index contributed by atoms with van der Waals surface area (Å²) in [6.45, 7) is 0.932. The molecule has 0 radical (unpaired) electrons. The monoisotopic (exact) mass is 278 g/mol. The van der Waals surface area contributed by atoms with Crippen LogP contribution in [-0.4, -0.2) is 43.1 Å². The van der Waals surface area contributed by atoms with E-state index in [2.05, 4.69) is 29.2 Å². The molecule has 104 valence electrons. The highest BCUT2D eigenvalue weighted by Gasteiger charge is 2.17. The van der Waals surface area contributed by atoms with Crippen LogP contribution in [0.25, 0.3) is 0 Å². The van der Waals surface area contributed by atoms with E-state index in [0.29, 0.717) is 12.3 Å². The minimum Gasteiger partial charge on any atom is -0.378 e. The number of amides is 1. The lowest BCUT2D eigenvalue weighted by Gasteiger charge is -2.14. The van der Waals surface area contributed by atoms with Crippen LogP contribution in [0.4, 0.5) is 5.69 Å². The van der Waals surface area contributed by atoms with Crippen molar-refractivity contribution in [2.24, 2.45) is 0 Å². The summed E-state index contributed by atoms with van der Waals surface area (Å²) < 4.78 is 0. The van der Waals surface area contributed by atoms with Gasteiger partial charge in [0.15, 0.2) is 0 Å². The quantitative estimate of drug-likeness (QED) is 0.827. The molecule has 1 aromatic carbocycles. The highest BCUT2D eigenvalue weighted by molar-refractivity contribution is 7.99. The summed E-state index contributed by atoms with van der Waals surface area (Å²) in [6, 6.07) is 8.58. The summed E-state index contributed by atoms with van der Waals surface area (Å²) in [5.74, 6) is 2.29. The number of carbonyl (C=O) groups excluding carboxylic acids is 1. The average Bonchev–Trinajstić information content (AvgIpc) is 2.93. The summed E-state index contributed by atoms with van der Waals surface area (Å²) >= 11 is 1.85. The van der Waals surface area contributed by atoms with Crippen LogP contribution in [-0.2, 0) is 11.2 Å². The molecule has 0 N–H and O–H groups in total. The van der Waals surface area contributed by atoms with Gasteiger partial charge >= 0.3 is 0 Å². The van der Waals surface area contributed by atoms with E-state index in [9.17, 15) is 4.79 Å². The Morgan fingerprint density at radius 2 is 2.05 bits per heavy atom. The third-order valence-corrected chi connectivity index (χ3v) is 4.38. The van der Waals surface area contributed by atoms with Crippen molar-refractivity contribution in [3.8, 4) is 0 Å². The number of anilines is 1. The Kier molecular flexibility index (Phi) is 5.14. The van der Waals surface area contributed by atoms with Gasteiger partial charge in [-0.3, -0.25) is 4.79 Å². The van der Waals surface area contributed by atoms with Gasteiger partial charge in [-0.25, -0.2) is 0 Å². The van der Waals surface area contributed by atoms with Crippen LogP contribution in [0.15, 0.2) is 24.3 Å². The highest BCUT2D eigenvalue weighted by Crippen LogP contribution is 2.17. The molecule has 0 aromatic heterocycles. The Hall–Kier alpha value is -1.16. The van der Waals surface area contributed by atoms with E-state index in [-0.39, 0.29) is 0 Å². The topological polar surface area (TPSA) is 23.6 Å². The van der Waals surface area contributed by atoms with Crippen molar-refractivity contribution < 1.29 is 4.79 Å². The molecule has 1 aliphatic rings. The van der Waals surface area contributed by atoms with Gasteiger partial charge in [-0.15, -0.1) is 11.8 Å². The van der Waals surface area contributed by atoms with Crippen LogP contribution in [0.1, 0.15) is 18.4 Å². The lowest BCUT2D eigenvalue weighted by atomic mass is 10.1. The zero-order valence-electron chi connectivity index (χ0n) is 11.8. The number of thioether (sulfide) groups is 1. The molecule has 0 saturated carbocycles. The van der Waals surface area contributed by atoms with E-state index in [1.165, 1.54) is 11.3 Å². The molecule has 0 atom stereocenters. The minimum absolute atomic E-state index is 0.315. The van der Waals surface area contributed by atoms with Crippen LogP contribution < -0.4 is 4.90 Å². The first-order valence-electron chi connectivity index (χ1n) is 6.78. The Morgan fingerprint density at radius 1 is 1.32 bits per heavy atom. The SMILES string of the molecule is CN(C)c1ccc(CCCC(=O)N2CCSC2)cc1. The van der Waals surface area contributed by atoms with Gasteiger partial charge in [-0.1, -0.05) is 12.1 Å².